The number of piperazine rings is 1. The van der Waals surface area contributed by atoms with E-state index in [2.05, 4.69) is 28.7 Å². The molecular weight excluding hydrogens is 136 g/mol. The molecule has 11 heavy (non-hydrogen) atoms. The highest BCUT2D eigenvalue weighted by atomic mass is 15.2. The van der Waals surface area contributed by atoms with Crippen LogP contribution in [0.25, 0.3) is 0 Å². The Morgan fingerprint density at radius 2 is 1.82 bits per heavy atom. The van der Waals surface area contributed by atoms with Gasteiger partial charge in [0, 0.05) is 32.2 Å². The SMILES string of the molecule is CC#CN1CCN(CC)CC1. The molecule has 0 bridgehead atoms. The lowest BCUT2D eigenvalue weighted by molar-refractivity contribution is 0.183. The zero-order chi connectivity index (χ0) is 8.10. The van der Waals surface area contributed by atoms with Crippen LogP contribution in [0.15, 0.2) is 0 Å². The zero-order valence-electron chi connectivity index (χ0n) is 7.43. The van der Waals surface area contributed by atoms with Crippen molar-refractivity contribution in [3.8, 4) is 12.0 Å². The molecule has 2 nitrogen and oxygen atoms in total. The summed E-state index contributed by atoms with van der Waals surface area (Å²) in [7, 11) is 0. The van der Waals surface area contributed by atoms with E-state index >= 15 is 0 Å². The van der Waals surface area contributed by atoms with E-state index in [4.69, 9.17) is 0 Å². The van der Waals surface area contributed by atoms with Crippen LogP contribution >= 0.6 is 0 Å². The first-order valence-electron chi connectivity index (χ1n) is 4.26. The van der Waals surface area contributed by atoms with Gasteiger partial charge in [0.2, 0.25) is 0 Å². The molecule has 2 heteroatoms. The molecule has 1 fully saturated rings. The topological polar surface area (TPSA) is 6.48 Å². The smallest absolute Gasteiger partial charge is 0.0388 e. The fraction of sp³-hybridized carbons (Fsp3) is 0.778. The van der Waals surface area contributed by atoms with E-state index in [-0.39, 0.29) is 0 Å². The fourth-order valence-electron chi connectivity index (χ4n) is 1.33. The summed E-state index contributed by atoms with van der Waals surface area (Å²) < 4.78 is 0. The van der Waals surface area contributed by atoms with Crippen LogP contribution < -0.4 is 0 Å². The largest absolute Gasteiger partial charge is 0.330 e. The van der Waals surface area contributed by atoms with Crippen molar-refractivity contribution in [2.24, 2.45) is 0 Å². The lowest BCUT2D eigenvalue weighted by Crippen LogP contribution is -2.43. The van der Waals surface area contributed by atoms with Gasteiger partial charge in [-0.3, -0.25) is 0 Å². The Balaban J connectivity index is 2.28. The minimum atomic E-state index is 1.11. The van der Waals surface area contributed by atoms with Gasteiger partial charge in [0.15, 0.2) is 0 Å². The van der Waals surface area contributed by atoms with Crippen molar-refractivity contribution >= 4 is 0 Å². The molecule has 1 heterocycles. The van der Waals surface area contributed by atoms with Gasteiger partial charge < -0.3 is 9.80 Å². The van der Waals surface area contributed by atoms with E-state index in [0.717, 1.165) is 13.1 Å². The molecule has 1 aliphatic heterocycles. The van der Waals surface area contributed by atoms with Gasteiger partial charge in [-0.2, -0.15) is 0 Å². The average molecular weight is 152 g/mol. The normalized spacial score (nSPS) is 19.3. The first-order valence-corrected chi connectivity index (χ1v) is 4.26. The summed E-state index contributed by atoms with van der Waals surface area (Å²) in [4.78, 5) is 4.65. The van der Waals surface area contributed by atoms with Gasteiger partial charge in [-0.05, 0) is 13.5 Å². The zero-order valence-corrected chi connectivity index (χ0v) is 7.43. The van der Waals surface area contributed by atoms with E-state index in [1.165, 1.54) is 19.6 Å². The lowest BCUT2D eigenvalue weighted by atomic mass is 10.3. The summed E-state index contributed by atoms with van der Waals surface area (Å²) in [5.74, 6) is 2.93. The molecule has 0 spiro atoms. The molecule has 0 radical (unpaired) electrons. The Hall–Kier alpha value is -0.680. The molecule has 0 amide bonds. The average Bonchev–Trinajstić information content (AvgIpc) is 2.07. The molecule has 0 N–H and O–H groups in total. The van der Waals surface area contributed by atoms with E-state index in [9.17, 15) is 0 Å². The van der Waals surface area contributed by atoms with Crippen LogP contribution in [0.2, 0.25) is 0 Å². The summed E-state index contributed by atoms with van der Waals surface area (Å²) in [5, 5.41) is 0. The van der Waals surface area contributed by atoms with Crippen LogP contribution in [0.4, 0.5) is 0 Å². The van der Waals surface area contributed by atoms with Crippen molar-refractivity contribution < 1.29 is 0 Å². The Morgan fingerprint density at radius 1 is 1.18 bits per heavy atom. The van der Waals surface area contributed by atoms with Crippen LogP contribution in [-0.4, -0.2) is 42.5 Å². The van der Waals surface area contributed by atoms with Gasteiger partial charge in [-0.25, -0.2) is 0 Å². The van der Waals surface area contributed by atoms with Crippen molar-refractivity contribution in [3.05, 3.63) is 0 Å². The predicted octanol–water partition coefficient (Wildman–Crippen LogP) is 0.605. The Kier molecular flexibility index (Phi) is 3.25. The van der Waals surface area contributed by atoms with Crippen LogP contribution in [-0.2, 0) is 0 Å². The summed E-state index contributed by atoms with van der Waals surface area (Å²) in [6, 6.07) is 3.09. The fourth-order valence-corrected chi connectivity index (χ4v) is 1.33. The highest BCUT2D eigenvalue weighted by Crippen LogP contribution is 1.98. The summed E-state index contributed by atoms with van der Waals surface area (Å²) >= 11 is 0. The highest BCUT2D eigenvalue weighted by molar-refractivity contribution is 4.96. The molecule has 1 saturated heterocycles. The van der Waals surface area contributed by atoms with Gasteiger partial charge in [-0.1, -0.05) is 12.8 Å². The third-order valence-electron chi connectivity index (χ3n) is 2.09. The Morgan fingerprint density at radius 3 is 2.27 bits per heavy atom. The van der Waals surface area contributed by atoms with Gasteiger partial charge in [0.25, 0.3) is 0 Å². The number of rotatable bonds is 1. The molecule has 0 unspecified atom stereocenters. The Bertz CT molecular complexity index is 158. The minimum Gasteiger partial charge on any atom is -0.330 e. The number of nitrogens with zero attached hydrogens (tertiary/aromatic N) is 2. The van der Waals surface area contributed by atoms with E-state index < -0.39 is 0 Å². The second-order valence-corrected chi connectivity index (χ2v) is 2.78. The summed E-state index contributed by atoms with van der Waals surface area (Å²) in [5.41, 5.74) is 0. The number of hydrogen-bond acceptors (Lipinski definition) is 2. The molecule has 62 valence electrons. The quantitative estimate of drug-likeness (QED) is 0.508. The van der Waals surface area contributed by atoms with Crippen LogP contribution in [0.5, 0.6) is 0 Å². The molecule has 0 aromatic carbocycles. The first kappa shape index (κ1) is 8.42. The maximum absolute atomic E-state index is 3.09. The van der Waals surface area contributed by atoms with E-state index in [0.29, 0.717) is 0 Å². The molecule has 0 saturated carbocycles. The third-order valence-corrected chi connectivity index (χ3v) is 2.09. The van der Waals surface area contributed by atoms with E-state index in [1.54, 1.807) is 0 Å². The highest BCUT2D eigenvalue weighted by Gasteiger charge is 2.11. The molecular formula is C9H16N2. The predicted molar refractivity (Wildman–Crippen MR) is 47.1 cm³/mol. The van der Waals surface area contributed by atoms with Crippen molar-refractivity contribution in [3.63, 3.8) is 0 Å². The van der Waals surface area contributed by atoms with Crippen LogP contribution in [0.3, 0.4) is 0 Å². The number of hydrogen-bond donors (Lipinski definition) is 0. The van der Waals surface area contributed by atoms with Crippen molar-refractivity contribution in [1.29, 1.82) is 0 Å². The summed E-state index contributed by atoms with van der Waals surface area (Å²) in [6.07, 6.45) is 0. The van der Waals surface area contributed by atoms with Crippen molar-refractivity contribution in [1.82, 2.24) is 9.80 Å². The monoisotopic (exact) mass is 152 g/mol. The molecule has 0 aromatic heterocycles. The van der Waals surface area contributed by atoms with Crippen LogP contribution in [0, 0.1) is 12.0 Å². The standard InChI is InChI=1S/C9H16N2/c1-3-5-11-8-6-10(4-2)7-9-11/h4,6-9H2,1-2H3. The molecule has 0 aliphatic carbocycles. The van der Waals surface area contributed by atoms with Crippen LogP contribution in [0.1, 0.15) is 13.8 Å². The van der Waals surface area contributed by atoms with Crippen molar-refractivity contribution in [2.75, 3.05) is 32.7 Å². The molecule has 0 atom stereocenters. The third kappa shape index (κ3) is 2.44. The van der Waals surface area contributed by atoms with E-state index in [1.807, 2.05) is 6.92 Å². The molecule has 0 aromatic rings. The second kappa shape index (κ2) is 4.25. The van der Waals surface area contributed by atoms with Gasteiger partial charge in [-0.15, -0.1) is 0 Å². The lowest BCUT2D eigenvalue weighted by Gasteiger charge is -2.31. The summed E-state index contributed by atoms with van der Waals surface area (Å²) in [6.45, 7) is 9.83. The minimum absolute atomic E-state index is 1.11. The molecule has 1 rings (SSSR count). The van der Waals surface area contributed by atoms with Crippen molar-refractivity contribution in [2.45, 2.75) is 13.8 Å². The number of likely N-dealkylation sites (N-methyl/N-ethyl adjacent to an activating group) is 1. The first-order chi connectivity index (χ1) is 5.36. The maximum atomic E-state index is 3.09. The second-order valence-electron chi connectivity index (χ2n) is 2.78. The van der Waals surface area contributed by atoms with Gasteiger partial charge >= 0.3 is 0 Å². The molecule has 1 aliphatic rings. The van der Waals surface area contributed by atoms with Gasteiger partial charge in [0.05, 0.1) is 0 Å². The Labute approximate surface area is 69.2 Å². The maximum Gasteiger partial charge on any atom is 0.0388 e. The van der Waals surface area contributed by atoms with Gasteiger partial charge in [0.1, 0.15) is 0 Å².